The molecule has 96 valence electrons. The van der Waals surface area contributed by atoms with Gasteiger partial charge in [0.05, 0.1) is 10.2 Å². The molecule has 0 atom stereocenters. The van der Waals surface area contributed by atoms with Crippen LogP contribution >= 0.6 is 11.3 Å². The fourth-order valence-electron chi connectivity index (χ4n) is 2.86. The van der Waals surface area contributed by atoms with Gasteiger partial charge in [-0.2, -0.15) is 0 Å². The molecule has 0 unspecified atom stereocenters. The number of hydrogen-bond acceptors (Lipinski definition) is 3. The number of hydrogen-bond donors (Lipinski definition) is 1. The highest BCUT2D eigenvalue weighted by Crippen LogP contribution is 2.31. The summed E-state index contributed by atoms with van der Waals surface area (Å²) < 4.78 is 1.33. The van der Waals surface area contributed by atoms with Gasteiger partial charge in [0.1, 0.15) is 0 Å². The molecule has 0 radical (unpaired) electrons. The number of nitrogens with one attached hydrogen (secondary N) is 1. The third-order valence-corrected chi connectivity index (χ3v) is 4.89. The van der Waals surface area contributed by atoms with Gasteiger partial charge in [0, 0.05) is 6.04 Å². The van der Waals surface area contributed by atoms with Gasteiger partial charge in [-0.25, -0.2) is 4.98 Å². The fraction of sp³-hybridized carbons (Fsp3) is 0.533. The third-order valence-electron chi connectivity index (χ3n) is 3.75. The first-order valence-electron chi connectivity index (χ1n) is 6.87. The molecule has 1 aromatic heterocycles. The number of anilines is 1. The maximum atomic E-state index is 4.74. The first kappa shape index (κ1) is 12.0. The Hall–Kier alpha value is -1.09. The third kappa shape index (κ3) is 2.37. The van der Waals surface area contributed by atoms with E-state index in [4.69, 9.17) is 4.98 Å². The fourth-order valence-corrected chi connectivity index (χ4v) is 3.85. The minimum Gasteiger partial charge on any atom is -0.359 e. The normalized spacial score (nSPS) is 17.2. The topological polar surface area (TPSA) is 24.9 Å². The van der Waals surface area contributed by atoms with Gasteiger partial charge in [-0.15, -0.1) is 0 Å². The molecule has 0 aliphatic heterocycles. The average Bonchev–Trinajstić information content (AvgIpc) is 2.73. The quantitative estimate of drug-likeness (QED) is 0.849. The van der Waals surface area contributed by atoms with Crippen molar-refractivity contribution in [3.63, 3.8) is 0 Å². The summed E-state index contributed by atoms with van der Waals surface area (Å²) in [7, 11) is 0. The van der Waals surface area contributed by atoms with Crippen molar-refractivity contribution >= 4 is 26.7 Å². The predicted octanol–water partition coefficient (Wildman–Crippen LogP) is 4.66. The number of rotatable bonds is 2. The molecule has 1 aliphatic rings. The van der Waals surface area contributed by atoms with Crippen molar-refractivity contribution in [1.29, 1.82) is 0 Å². The maximum absolute atomic E-state index is 4.74. The van der Waals surface area contributed by atoms with Crippen molar-refractivity contribution < 1.29 is 0 Å². The molecular formula is C15H20N2S. The number of benzene rings is 1. The Morgan fingerprint density at radius 2 is 1.94 bits per heavy atom. The average molecular weight is 260 g/mol. The summed E-state index contributed by atoms with van der Waals surface area (Å²) in [6.07, 6.45) is 6.72. The van der Waals surface area contributed by atoms with Gasteiger partial charge in [-0.3, -0.25) is 0 Å². The summed E-state index contributed by atoms with van der Waals surface area (Å²) in [5, 5.41) is 4.73. The zero-order valence-electron chi connectivity index (χ0n) is 11.1. The molecule has 0 bridgehead atoms. The van der Waals surface area contributed by atoms with Crippen molar-refractivity contribution in [2.24, 2.45) is 0 Å². The first-order valence-corrected chi connectivity index (χ1v) is 7.68. The van der Waals surface area contributed by atoms with Gasteiger partial charge in [0.15, 0.2) is 5.13 Å². The van der Waals surface area contributed by atoms with Crippen LogP contribution in [-0.4, -0.2) is 11.0 Å². The molecule has 1 fully saturated rings. The smallest absolute Gasteiger partial charge is 0.184 e. The molecule has 0 amide bonds. The van der Waals surface area contributed by atoms with Crippen LogP contribution in [0.4, 0.5) is 5.13 Å². The Morgan fingerprint density at radius 3 is 2.72 bits per heavy atom. The van der Waals surface area contributed by atoms with Crippen LogP contribution in [0, 0.1) is 13.8 Å². The number of nitrogens with zero attached hydrogens (tertiary/aromatic N) is 1. The second-order valence-electron chi connectivity index (χ2n) is 5.43. The standard InChI is InChI=1S/C15H20N2S/c1-10-8-11(2)14-13(9-10)17-15(18-14)16-12-6-4-3-5-7-12/h8-9,12H,3-7H2,1-2H3,(H,16,17). The highest BCUT2D eigenvalue weighted by atomic mass is 32.1. The van der Waals surface area contributed by atoms with E-state index in [2.05, 4.69) is 31.3 Å². The summed E-state index contributed by atoms with van der Waals surface area (Å²) >= 11 is 1.80. The van der Waals surface area contributed by atoms with Crippen molar-refractivity contribution in [1.82, 2.24) is 4.98 Å². The molecule has 2 nitrogen and oxygen atoms in total. The molecule has 0 spiro atoms. The summed E-state index contributed by atoms with van der Waals surface area (Å²) in [5.41, 5.74) is 3.80. The van der Waals surface area contributed by atoms with E-state index in [0.29, 0.717) is 6.04 Å². The lowest BCUT2D eigenvalue weighted by atomic mass is 9.96. The van der Waals surface area contributed by atoms with Crippen molar-refractivity contribution in [2.75, 3.05) is 5.32 Å². The van der Waals surface area contributed by atoms with Crippen molar-refractivity contribution in [3.8, 4) is 0 Å². The highest BCUT2D eigenvalue weighted by molar-refractivity contribution is 7.22. The highest BCUT2D eigenvalue weighted by Gasteiger charge is 2.15. The van der Waals surface area contributed by atoms with E-state index in [0.717, 1.165) is 10.6 Å². The number of thiazole rings is 1. The molecule has 3 heteroatoms. The Balaban J connectivity index is 1.86. The Bertz CT molecular complexity index is 553. The summed E-state index contributed by atoms with van der Waals surface area (Å²) in [6, 6.07) is 5.07. The van der Waals surface area contributed by atoms with Crippen LogP contribution in [0.15, 0.2) is 12.1 Å². The zero-order valence-corrected chi connectivity index (χ0v) is 11.9. The van der Waals surface area contributed by atoms with Crippen LogP contribution in [0.5, 0.6) is 0 Å². The lowest BCUT2D eigenvalue weighted by Gasteiger charge is -2.22. The molecule has 0 saturated heterocycles. The lowest BCUT2D eigenvalue weighted by Crippen LogP contribution is -2.21. The van der Waals surface area contributed by atoms with Crippen LogP contribution in [0.1, 0.15) is 43.2 Å². The van der Waals surface area contributed by atoms with Crippen LogP contribution in [-0.2, 0) is 0 Å². The van der Waals surface area contributed by atoms with E-state index < -0.39 is 0 Å². The predicted molar refractivity (Wildman–Crippen MR) is 79.6 cm³/mol. The number of aromatic nitrogens is 1. The molecule has 2 aromatic rings. The van der Waals surface area contributed by atoms with Gasteiger partial charge < -0.3 is 5.32 Å². The first-order chi connectivity index (χ1) is 8.72. The largest absolute Gasteiger partial charge is 0.359 e. The van der Waals surface area contributed by atoms with E-state index in [1.165, 1.54) is 47.9 Å². The van der Waals surface area contributed by atoms with Crippen LogP contribution < -0.4 is 5.32 Å². The zero-order chi connectivity index (χ0) is 12.5. The molecule has 1 aromatic carbocycles. The van der Waals surface area contributed by atoms with Gasteiger partial charge in [-0.05, 0) is 43.9 Å². The minimum atomic E-state index is 0.640. The Morgan fingerprint density at radius 1 is 1.17 bits per heavy atom. The maximum Gasteiger partial charge on any atom is 0.184 e. The van der Waals surface area contributed by atoms with Gasteiger partial charge >= 0.3 is 0 Å². The SMILES string of the molecule is Cc1cc(C)c2sc(NC3CCCCC3)nc2c1. The monoisotopic (exact) mass is 260 g/mol. The molecule has 3 rings (SSSR count). The molecule has 1 heterocycles. The number of fused-ring (bicyclic) bond motifs is 1. The van der Waals surface area contributed by atoms with Crippen LogP contribution in [0.3, 0.4) is 0 Å². The van der Waals surface area contributed by atoms with Crippen molar-refractivity contribution in [3.05, 3.63) is 23.3 Å². The summed E-state index contributed by atoms with van der Waals surface area (Å²) in [4.78, 5) is 4.74. The van der Waals surface area contributed by atoms with E-state index >= 15 is 0 Å². The summed E-state index contributed by atoms with van der Waals surface area (Å²) in [5.74, 6) is 0. The van der Waals surface area contributed by atoms with Crippen molar-refractivity contribution in [2.45, 2.75) is 52.0 Å². The van der Waals surface area contributed by atoms with E-state index in [1.54, 1.807) is 11.3 Å². The number of aryl methyl sites for hydroxylation is 2. The van der Waals surface area contributed by atoms with E-state index in [1.807, 2.05) is 0 Å². The lowest BCUT2D eigenvalue weighted by molar-refractivity contribution is 0.462. The van der Waals surface area contributed by atoms with Gasteiger partial charge in [-0.1, -0.05) is 36.7 Å². The van der Waals surface area contributed by atoms with Crippen LogP contribution in [0.25, 0.3) is 10.2 Å². The second-order valence-corrected chi connectivity index (χ2v) is 6.43. The second kappa shape index (κ2) is 4.88. The van der Waals surface area contributed by atoms with Gasteiger partial charge in [0.25, 0.3) is 0 Å². The van der Waals surface area contributed by atoms with Gasteiger partial charge in [0.2, 0.25) is 0 Å². The summed E-state index contributed by atoms with van der Waals surface area (Å²) in [6.45, 7) is 4.32. The van der Waals surface area contributed by atoms with E-state index in [9.17, 15) is 0 Å². The molecule has 1 N–H and O–H groups in total. The minimum absolute atomic E-state index is 0.640. The molecule has 18 heavy (non-hydrogen) atoms. The molecule has 1 saturated carbocycles. The Labute approximate surface area is 112 Å². The van der Waals surface area contributed by atoms with Crippen LogP contribution in [0.2, 0.25) is 0 Å². The molecule has 1 aliphatic carbocycles. The van der Waals surface area contributed by atoms with E-state index in [-0.39, 0.29) is 0 Å². The Kier molecular flexibility index (Phi) is 3.25. The molecular weight excluding hydrogens is 240 g/mol.